The number of amides is 1. The number of hydrogen-bond donors (Lipinski definition) is 2. The fourth-order valence-corrected chi connectivity index (χ4v) is 2.38. The van der Waals surface area contributed by atoms with Gasteiger partial charge in [0.05, 0.1) is 37.4 Å². The van der Waals surface area contributed by atoms with Gasteiger partial charge in [-0.25, -0.2) is 0 Å². The number of anilines is 2. The third kappa shape index (κ3) is 5.38. The number of rotatable bonds is 9. The van der Waals surface area contributed by atoms with E-state index >= 15 is 0 Å². The summed E-state index contributed by atoms with van der Waals surface area (Å²) in [4.78, 5) is 16.4. The number of unbranched alkanes of at least 4 members (excludes halogenated alkanes) is 2. The summed E-state index contributed by atoms with van der Waals surface area (Å²) >= 11 is 0. The van der Waals surface area contributed by atoms with Gasteiger partial charge in [0.25, 0.3) is 5.91 Å². The third-order valence-electron chi connectivity index (χ3n) is 3.75. The highest BCUT2D eigenvalue weighted by Gasteiger charge is 2.09. The highest BCUT2D eigenvalue weighted by molar-refractivity contribution is 5.94. The quantitative estimate of drug-likeness (QED) is 0.678. The maximum absolute atomic E-state index is 12.2. The lowest BCUT2D eigenvalue weighted by molar-refractivity contribution is 0.0952. The normalized spacial score (nSPS) is 10.2. The molecule has 0 aliphatic rings. The standard InChI is InChI=1S/C19H25N3O3/c1-4-5-6-9-21-19(23)14-10-15(13-20-12-14)22-17-11-16(24-2)7-8-18(17)25-3/h7-8,10-13,22H,4-6,9H2,1-3H3,(H,21,23). The first-order valence-corrected chi connectivity index (χ1v) is 8.40. The Morgan fingerprint density at radius 3 is 2.68 bits per heavy atom. The second kappa shape index (κ2) is 9.52. The lowest BCUT2D eigenvalue weighted by Crippen LogP contribution is -2.24. The number of aromatic nitrogens is 1. The van der Waals surface area contributed by atoms with Crippen molar-refractivity contribution in [2.45, 2.75) is 26.2 Å². The van der Waals surface area contributed by atoms with Crippen LogP contribution in [0.5, 0.6) is 11.5 Å². The van der Waals surface area contributed by atoms with Gasteiger partial charge in [0.15, 0.2) is 0 Å². The van der Waals surface area contributed by atoms with Crippen LogP contribution < -0.4 is 20.1 Å². The first-order valence-electron chi connectivity index (χ1n) is 8.40. The van der Waals surface area contributed by atoms with Crippen LogP contribution >= 0.6 is 0 Å². The van der Waals surface area contributed by atoms with E-state index in [2.05, 4.69) is 22.5 Å². The van der Waals surface area contributed by atoms with E-state index in [1.165, 1.54) is 0 Å². The Hall–Kier alpha value is -2.76. The lowest BCUT2D eigenvalue weighted by atomic mass is 10.2. The van der Waals surface area contributed by atoms with E-state index in [-0.39, 0.29) is 5.91 Å². The molecule has 2 N–H and O–H groups in total. The van der Waals surface area contributed by atoms with Crippen LogP contribution in [0.25, 0.3) is 0 Å². The summed E-state index contributed by atoms with van der Waals surface area (Å²) in [5.74, 6) is 1.26. The summed E-state index contributed by atoms with van der Waals surface area (Å²) < 4.78 is 10.6. The fraction of sp³-hybridized carbons (Fsp3) is 0.368. The number of nitrogens with zero attached hydrogens (tertiary/aromatic N) is 1. The minimum Gasteiger partial charge on any atom is -0.497 e. The molecule has 0 saturated carbocycles. The molecule has 134 valence electrons. The van der Waals surface area contributed by atoms with Crippen molar-refractivity contribution >= 4 is 17.3 Å². The van der Waals surface area contributed by atoms with Gasteiger partial charge in [-0.2, -0.15) is 0 Å². The van der Waals surface area contributed by atoms with Gasteiger partial charge >= 0.3 is 0 Å². The summed E-state index contributed by atoms with van der Waals surface area (Å²) in [7, 11) is 3.21. The van der Waals surface area contributed by atoms with Gasteiger partial charge in [-0.3, -0.25) is 9.78 Å². The van der Waals surface area contributed by atoms with Crippen LogP contribution in [0.15, 0.2) is 36.7 Å². The van der Waals surface area contributed by atoms with E-state index < -0.39 is 0 Å². The van der Waals surface area contributed by atoms with Crippen LogP contribution in [-0.2, 0) is 0 Å². The zero-order valence-corrected chi connectivity index (χ0v) is 15.0. The summed E-state index contributed by atoms with van der Waals surface area (Å²) in [5.41, 5.74) is 1.96. The van der Waals surface area contributed by atoms with Crippen LogP contribution in [0.4, 0.5) is 11.4 Å². The van der Waals surface area contributed by atoms with Crippen molar-refractivity contribution in [3.8, 4) is 11.5 Å². The molecule has 1 amide bonds. The molecule has 0 spiro atoms. The molecule has 1 aromatic heterocycles. The Labute approximate surface area is 148 Å². The molecule has 1 aromatic carbocycles. The molecule has 0 unspecified atom stereocenters. The first kappa shape index (κ1) is 18.6. The van der Waals surface area contributed by atoms with Crippen LogP contribution in [-0.4, -0.2) is 31.7 Å². The van der Waals surface area contributed by atoms with Crippen molar-refractivity contribution in [1.29, 1.82) is 0 Å². The van der Waals surface area contributed by atoms with Gasteiger partial charge in [-0.1, -0.05) is 19.8 Å². The molecule has 0 radical (unpaired) electrons. The highest BCUT2D eigenvalue weighted by Crippen LogP contribution is 2.31. The Morgan fingerprint density at radius 2 is 1.96 bits per heavy atom. The summed E-state index contributed by atoms with van der Waals surface area (Å²) in [6.07, 6.45) is 6.43. The molecule has 0 aliphatic carbocycles. The van der Waals surface area contributed by atoms with Crippen molar-refractivity contribution in [2.24, 2.45) is 0 Å². The minimum atomic E-state index is -0.120. The average Bonchev–Trinajstić information content (AvgIpc) is 2.65. The highest BCUT2D eigenvalue weighted by atomic mass is 16.5. The van der Waals surface area contributed by atoms with Crippen LogP contribution in [0, 0.1) is 0 Å². The number of hydrogen-bond acceptors (Lipinski definition) is 5. The van der Waals surface area contributed by atoms with Crippen LogP contribution in [0.1, 0.15) is 36.5 Å². The summed E-state index contributed by atoms with van der Waals surface area (Å²) in [6.45, 7) is 2.81. The molecule has 0 bridgehead atoms. The first-order chi connectivity index (χ1) is 12.2. The topological polar surface area (TPSA) is 72.5 Å². The number of ether oxygens (including phenoxy) is 2. The van der Waals surface area contributed by atoms with E-state index in [1.54, 1.807) is 32.7 Å². The smallest absolute Gasteiger partial charge is 0.252 e. The molecule has 6 nitrogen and oxygen atoms in total. The Balaban J connectivity index is 2.10. The van der Waals surface area contributed by atoms with E-state index in [1.807, 2.05) is 18.2 Å². The molecule has 0 fully saturated rings. The number of benzene rings is 1. The van der Waals surface area contributed by atoms with E-state index in [4.69, 9.17) is 9.47 Å². The average molecular weight is 343 g/mol. The number of methoxy groups -OCH3 is 2. The van der Waals surface area contributed by atoms with Gasteiger partial charge < -0.3 is 20.1 Å². The van der Waals surface area contributed by atoms with Gasteiger partial charge in [-0.05, 0) is 24.6 Å². The van der Waals surface area contributed by atoms with Crippen molar-refractivity contribution in [2.75, 3.05) is 26.1 Å². The zero-order valence-electron chi connectivity index (χ0n) is 15.0. The van der Waals surface area contributed by atoms with Crippen LogP contribution in [0.3, 0.4) is 0 Å². The van der Waals surface area contributed by atoms with Gasteiger partial charge in [-0.15, -0.1) is 0 Å². The largest absolute Gasteiger partial charge is 0.497 e. The third-order valence-corrected chi connectivity index (χ3v) is 3.75. The van der Waals surface area contributed by atoms with Crippen molar-refractivity contribution in [3.05, 3.63) is 42.2 Å². The predicted octanol–water partition coefficient (Wildman–Crippen LogP) is 3.76. The van der Waals surface area contributed by atoms with Crippen molar-refractivity contribution in [3.63, 3.8) is 0 Å². The zero-order chi connectivity index (χ0) is 18.1. The number of carbonyl (C=O) groups is 1. The van der Waals surface area contributed by atoms with E-state index in [0.29, 0.717) is 29.3 Å². The molecular formula is C19H25N3O3. The molecule has 0 saturated heterocycles. The monoisotopic (exact) mass is 343 g/mol. The van der Waals surface area contributed by atoms with Crippen LogP contribution in [0.2, 0.25) is 0 Å². The van der Waals surface area contributed by atoms with Gasteiger partial charge in [0, 0.05) is 18.8 Å². The van der Waals surface area contributed by atoms with Gasteiger partial charge in [0.2, 0.25) is 0 Å². The van der Waals surface area contributed by atoms with Crippen molar-refractivity contribution < 1.29 is 14.3 Å². The maximum atomic E-state index is 12.2. The minimum absolute atomic E-state index is 0.120. The molecule has 0 atom stereocenters. The van der Waals surface area contributed by atoms with E-state index in [0.717, 1.165) is 24.9 Å². The molecule has 6 heteroatoms. The summed E-state index contributed by atoms with van der Waals surface area (Å²) in [5, 5.41) is 6.14. The number of pyridine rings is 1. The predicted molar refractivity (Wildman–Crippen MR) is 98.9 cm³/mol. The molecule has 25 heavy (non-hydrogen) atoms. The Kier molecular flexibility index (Phi) is 7.07. The number of nitrogens with one attached hydrogen (secondary N) is 2. The molecule has 1 heterocycles. The number of carbonyl (C=O) groups excluding carboxylic acids is 1. The lowest BCUT2D eigenvalue weighted by Gasteiger charge is -2.13. The molecular weight excluding hydrogens is 318 g/mol. The van der Waals surface area contributed by atoms with Crippen molar-refractivity contribution in [1.82, 2.24) is 10.3 Å². The molecule has 2 rings (SSSR count). The van der Waals surface area contributed by atoms with E-state index in [9.17, 15) is 4.79 Å². The molecule has 2 aromatic rings. The Bertz CT molecular complexity index is 704. The maximum Gasteiger partial charge on any atom is 0.252 e. The second-order valence-electron chi connectivity index (χ2n) is 5.62. The molecule has 0 aliphatic heterocycles. The summed E-state index contributed by atoms with van der Waals surface area (Å²) in [6, 6.07) is 7.23. The SMILES string of the molecule is CCCCCNC(=O)c1cncc(Nc2cc(OC)ccc2OC)c1. The fourth-order valence-electron chi connectivity index (χ4n) is 2.38. The van der Waals surface area contributed by atoms with Gasteiger partial charge in [0.1, 0.15) is 11.5 Å². The second-order valence-corrected chi connectivity index (χ2v) is 5.62. The Morgan fingerprint density at radius 1 is 1.12 bits per heavy atom.